The van der Waals surface area contributed by atoms with Gasteiger partial charge in [0.25, 0.3) is 0 Å². The first kappa shape index (κ1) is 11.9. The summed E-state index contributed by atoms with van der Waals surface area (Å²) in [6.45, 7) is 4.17. The molecular formula is C14H15N5S. The number of aromatic nitrogens is 3. The summed E-state index contributed by atoms with van der Waals surface area (Å²) in [5.41, 5.74) is 2.13. The van der Waals surface area contributed by atoms with Gasteiger partial charge in [0.15, 0.2) is 11.5 Å². The van der Waals surface area contributed by atoms with Crippen molar-refractivity contribution in [2.45, 2.75) is 0 Å². The smallest absolute Gasteiger partial charge is 0.192 e. The van der Waals surface area contributed by atoms with E-state index >= 15 is 0 Å². The van der Waals surface area contributed by atoms with Gasteiger partial charge in [-0.1, -0.05) is 6.07 Å². The van der Waals surface area contributed by atoms with Crippen molar-refractivity contribution in [3.8, 4) is 10.7 Å². The first-order valence-corrected chi connectivity index (χ1v) is 7.64. The van der Waals surface area contributed by atoms with E-state index in [9.17, 15) is 0 Å². The number of hydrogen-bond acceptors (Lipinski definition) is 5. The SMILES string of the molecule is c1csc(-c2nc3cc(N4CCNCC4)ccn3n2)c1. The first-order chi connectivity index (χ1) is 9.90. The van der Waals surface area contributed by atoms with Crippen molar-refractivity contribution in [1.82, 2.24) is 19.9 Å². The summed E-state index contributed by atoms with van der Waals surface area (Å²) in [6, 6.07) is 8.31. The molecule has 0 aliphatic carbocycles. The van der Waals surface area contributed by atoms with Crippen LogP contribution in [0, 0.1) is 0 Å². The number of rotatable bonds is 2. The fraction of sp³-hybridized carbons (Fsp3) is 0.286. The van der Waals surface area contributed by atoms with Gasteiger partial charge < -0.3 is 10.2 Å². The van der Waals surface area contributed by atoms with Crippen LogP contribution in [0.2, 0.25) is 0 Å². The van der Waals surface area contributed by atoms with Crippen LogP contribution in [-0.4, -0.2) is 40.8 Å². The Kier molecular flexibility index (Phi) is 2.90. The number of anilines is 1. The quantitative estimate of drug-likeness (QED) is 0.781. The highest BCUT2D eigenvalue weighted by Crippen LogP contribution is 2.23. The third-order valence-corrected chi connectivity index (χ3v) is 4.41. The minimum Gasteiger partial charge on any atom is -0.369 e. The van der Waals surface area contributed by atoms with E-state index in [1.165, 1.54) is 5.69 Å². The van der Waals surface area contributed by atoms with Gasteiger partial charge in [-0.3, -0.25) is 0 Å². The normalized spacial score (nSPS) is 15.9. The molecule has 4 rings (SSSR count). The fourth-order valence-corrected chi connectivity index (χ4v) is 3.15. The van der Waals surface area contributed by atoms with E-state index < -0.39 is 0 Å². The predicted octanol–water partition coefficient (Wildman–Crippen LogP) is 1.87. The van der Waals surface area contributed by atoms with E-state index in [2.05, 4.69) is 38.5 Å². The molecule has 0 amide bonds. The Labute approximate surface area is 120 Å². The minimum atomic E-state index is 0.803. The monoisotopic (exact) mass is 285 g/mol. The Hall–Kier alpha value is -1.92. The van der Waals surface area contributed by atoms with Crippen LogP contribution in [0.25, 0.3) is 16.3 Å². The molecule has 3 aromatic heterocycles. The molecule has 0 unspecified atom stereocenters. The number of hydrogen-bond donors (Lipinski definition) is 1. The van der Waals surface area contributed by atoms with Gasteiger partial charge in [0.2, 0.25) is 0 Å². The van der Waals surface area contributed by atoms with Crippen LogP contribution in [0.1, 0.15) is 0 Å². The zero-order valence-electron chi connectivity index (χ0n) is 11.0. The van der Waals surface area contributed by atoms with Gasteiger partial charge in [-0.2, -0.15) is 0 Å². The van der Waals surface area contributed by atoms with E-state index in [4.69, 9.17) is 0 Å². The first-order valence-electron chi connectivity index (χ1n) is 6.76. The summed E-state index contributed by atoms with van der Waals surface area (Å²) >= 11 is 1.67. The maximum atomic E-state index is 4.63. The highest BCUT2D eigenvalue weighted by atomic mass is 32.1. The molecule has 1 N–H and O–H groups in total. The van der Waals surface area contributed by atoms with Crippen molar-refractivity contribution in [3.05, 3.63) is 35.8 Å². The lowest BCUT2D eigenvalue weighted by Crippen LogP contribution is -2.43. The van der Waals surface area contributed by atoms with E-state index in [1.54, 1.807) is 11.3 Å². The summed E-state index contributed by atoms with van der Waals surface area (Å²) < 4.78 is 1.85. The van der Waals surface area contributed by atoms with Gasteiger partial charge >= 0.3 is 0 Å². The molecular weight excluding hydrogens is 270 g/mol. The van der Waals surface area contributed by atoms with Crippen LogP contribution < -0.4 is 10.2 Å². The summed E-state index contributed by atoms with van der Waals surface area (Å²) in [6.07, 6.45) is 2.00. The predicted molar refractivity (Wildman–Crippen MR) is 81.4 cm³/mol. The lowest BCUT2D eigenvalue weighted by Gasteiger charge is -2.29. The maximum absolute atomic E-state index is 4.63. The van der Waals surface area contributed by atoms with E-state index in [0.717, 1.165) is 42.5 Å². The molecule has 0 saturated carbocycles. The molecule has 0 radical (unpaired) electrons. The third-order valence-electron chi connectivity index (χ3n) is 3.54. The zero-order valence-corrected chi connectivity index (χ0v) is 11.8. The van der Waals surface area contributed by atoms with Crippen molar-refractivity contribution < 1.29 is 0 Å². The number of fused-ring (bicyclic) bond motifs is 1. The van der Waals surface area contributed by atoms with Gasteiger partial charge in [0.05, 0.1) is 4.88 Å². The summed E-state index contributed by atoms with van der Waals surface area (Å²) in [5.74, 6) is 0.803. The van der Waals surface area contributed by atoms with Gasteiger partial charge in [-0.25, -0.2) is 9.50 Å². The van der Waals surface area contributed by atoms with Crippen LogP contribution in [0.15, 0.2) is 35.8 Å². The molecule has 4 heterocycles. The van der Waals surface area contributed by atoms with Crippen LogP contribution in [-0.2, 0) is 0 Å². The molecule has 1 aliphatic heterocycles. The molecule has 3 aromatic rings. The second-order valence-corrected chi connectivity index (χ2v) is 5.79. The molecule has 0 atom stereocenters. The Morgan fingerprint density at radius 1 is 1.20 bits per heavy atom. The number of thiophene rings is 1. The maximum Gasteiger partial charge on any atom is 0.192 e. The highest BCUT2D eigenvalue weighted by molar-refractivity contribution is 7.13. The lowest BCUT2D eigenvalue weighted by molar-refractivity contribution is 0.589. The molecule has 1 aliphatic rings. The second kappa shape index (κ2) is 4.88. The van der Waals surface area contributed by atoms with Crippen molar-refractivity contribution in [1.29, 1.82) is 0 Å². The molecule has 0 aromatic carbocycles. The molecule has 102 valence electrons. The Morgan fingerprint density at radius 3 is 2.90 bits per heavy atom. The Bertz CT molecular complexity index is 712. The molecule has 0 spiro atoms. The van der Waals surface area contributed by atoms with Gasteiger partial charge in [0.1, 0.15) is 0 Å². The zero-order chi connectivity index (χ0) is 13.4. The second-order valence-electron chi connectivity index (χ2n) is 4.84. The van der Waals surface area contributed by atoms with Crippen molar-refractivity contribution in [2.24, 2.45) is 0 Å². The van der Waals surface area contributed by atoms with Crippen molar-refractivity contribution in [3.63, 3.8) is 0 Å². The van der Waals surface area contributed by atoms with Crippen molar-refractivity contribution in [2.75, 3.05) is 31.1 Å². The topological polar surface area (TPSA) is 45.5 Å². The number of nitrogens with zero attached hydrogens (tertiary/aromatic N) is 4. The van der Waals surface area contributed by atoms with Gasteiger partial charge in [-0.05, 0) is 17.5 Å². The van der Waals surface area contributed by atoms with Crippen LogP contribution in [0.4, 0.5) is 5.69 Å². The summed E-state index contributed by atoms with van der Waals surface area (Å²) in [7, 11) is 0. The van der Waals surface area contributed by atoms with Crippen LogP contribution >= 0.6 is 11.3 Å². The van der Waals surface area contributed by atoms with E-state index in [-0.39, 0.29) is 0 Å². The standard InChI is InChI=1S/C14H15N5S/c1-2-12(20-9-1)14-16-13-10-11(3-6-19(13)17-14)18-7-4-15-5-8-18/h1-3,6,9-10,15H,4-5,7-8H2. The van der Waals surface area contributed by atoms with Gasteiger partial charge in [-0.15, -0.1) is 16.4 Å². The fourth-order valence-electron chi connectivity index (χ4n) is 2.50. The van der Waals surface area contributed by atoms with Crippen molar-refractivity contribution >= 4 is 22.7 Å². The molecule has 20 heavy (non-hydrogen) atoms. The highest BCUT2D eigenvalue weighted by Gasteiger charge is 2.12. The largest absolute Gasteiger partial charge is 0.369 e. The molecule has 0 bridgehead atoms. The summed E-state index contributed by atoms with van der Waals surface area (Å²) in [4.78, 5) is 8.12. The van der Waals surface area contributed by atoms with Crippen LogP contribution in [0.5, 0.6) is 0 Å². The number of nitrogens with one attached hydrogen (secondary N) is 1. The molecule has 5 nitrogen and oxygen atoms in total. The van der Waals surface area contributed by atoms with E-state index in [0.29, 0.717) is 0 Å². The number of pyridine rings is 1. The average Bonchev–Trinajstić information content (AvgIpc) is 3.16. The van der Waals surface area contributed by atoms with E-state index in [1.807, 2.05) is 22.2 Å². The molecule has 1 fully saturated rings. The summed E-state index contributed by atoms with van der Waals surface area (Å²) in [5, 5.41) is 9.95. The average molecular weight is 285 g/mol. The molecule has 1 saturated heterocycles. The van der Waals surface area contributed by atoms with Crippen LogP contribution in [0.3, 0.4) is 0 Å². The Morgan fingerprint density at radius 2 is 2.10 bits per heavy atom. The number of piperazine rings is 1. The molecule has 6 heteroatoms. The Balaban J connectivity index is 1.72. The minimum absolute atomic E-state index is 0.803. The van der Waals surface area contributed by atoms with Gasteiger partial charge in [0, 0.05) is 44.1 Å². The third kappa shape index (κ3) is 2.07. The lowest BCUT2D eigenvalue weighted by atomic mass is 10.3.